The number of thioether (sulfide) groups is 1. The Hall–Kier alpha value is -3.43. The largest absolute Gasteiger partial charge is 0.496 e. The van der Waals surface area contributed by atoms with Crippen molar-refractivity contribution in [1.82, 2.24) is 24.9 Å². The lowest BCUT2D eigenvalue weighted by atomic mass is 10.1. The third-order valence-electron chi connectivity index (χ3n) is 4.81. The molecule has 0 bridgehead atoms. The Labute approximate surface area is 193 Å². The molecule has 0 N–H and O–H groups in total. The number of ether oxygens (including phenoxy) is 1. The van der Waals surface area contributed by atoms with Crippen molar-refractivity contribution in [2.24, 2.45) is 0 Å². The second kappa shape index (κ2) is 8.97. The summed E-state index contributed by atoms with van der Waals surface area (Å²) >= 11 is 3.07. The van der Waals surface area contributed by atoms with E-state index in [-0.39, 0.29) is 0 Å². The Kier molecular flexibility index (Phi) is 5.74. The molecule has 0 aliphatic carbocycles. The van der Waals surface area contributed by atoms with Gasteiger partial charge in [-0.2, -0.15) is 4.98 Å². The van der Waals surface area contributed by atoms with Gasteiger partial charge in [0.25, 0.3) is 0 Å². The van der Waals surface area contributed by atoms with Crippen LogP contribution in [-0.2, 0) is 5.75 Å². The van der Waals surface area contributed by atoms with E-state index in [4.69, 9.17) is 9.26 Å². The molecule has 0 atom stereocenters. The fraction of sp³-hybridized carbons (Fsp3) is 0.130. The zero-order valence-electron chi connectivity index (χ0n) is 17.4. The highest BCUT2D eigenvalue weighted by Gasteiger charge is 2.20. The maximum absolute atomic E-state index is 5.57. The van der Waals surface area contributed by atoms with Crippen molar-refractivity contribution in [3.63, 3.8) is 0 Å². The molecule has 7 nitrogen and oxygen atoms in total. The Bertz CT molecular complexity index is 1330. The molecule has 3 aromatic heterocycles. The molecule has 0 fully saturated rings. The average Bonchev–Trinajstić information content (AvgIpc) is 3.59. The van der Waals surface area contributed by atoms with Gasteiger partial charge in [0, 0.05) is 5.69 Å². The zero-order valence-corrected chi connectivity index (χ0v) is 19.1. The Morgan fingerprint density at radius 1 is 1.03 bits per heavy atom. The van der Waals surface area contributed by atoms with Crippen LogP contribution in [0.3, 0.4) is 0 Å². The summed E-state index contributed by atoms with van der Waals surface area (Å²) in [6, 6.07) is 20.0. The van der Waals surface area contributed by atoms with Crippen molar-refractivity contribution in [2.75, 3.05) is 7.11 Å². The first-order chi connectivity index (χ1) is 15.7. The highest BCUT2D eigenvalue weighted by atomic mass is 32.2. The monoisotopic (exact) mass is 461 g/mol. The topological polar surface area (TPSA) is 78.9 Å². The fourth-order valence-corrected chi connectivity index (χ4v) is 4.68. The minimum Gasteiger partial charge on any atom is -0.496 e. The van der Waals surface area contributed by atoms with E-state index in [9.17, 15) is 0 Å². The van der Waals surface area contributed by atoms with Crippen LogP contribution in [0.25, 0.3) is 27.8 Å². The van der Waals surface area contributed by atoms with Gasteiger partial charge in [0.2, 0.25) is 11.7 Å². The van der Waals surface area contributed by atoms with Crippen molar-refractivity contribution in [3.05, 3.63) is 77.5 Å². The SMILES string of the molecule is COc1ccccc1-c1nnc(SCc2nc(-c3cccs3)no2)n1-c1ccc(C)cc1. The highest BCUT2D eigenvalue weighted by Crippen LogP contribution is 2.34. The quantitative estimate of drug-likeness (QED) is 0.290. The molecule has 0 radical (unpaired) electrons. The van der Waals surface area contributed by atoms with Gasteiger partial charge in [-0.3, -0.25) is 4.57 Å². The predicted octanol–water partition coefficient (Wildman–Crippen LogP) is 5.66. The maximum Gasteiger partial charge on any atom is 0.237 e. The molecule has 32 heavy (non-hydrogen) atoms. The first kappa shape index (κ1) is 20.5. The molecule has 5 aromatic rings. The lowest BCUT2D eigenvalue weighted by Gasteiger charge is -2.12. The van der Waals surface area contributed by atoms with Crippen LogP contribution in [0.4, 0.5) is 0 Å². The van der Waals surface area contributed by atoms with E-state index >= 15 is 0 Å². The lowest BCUT2D eigenvalue weighted by Crippen LogP contribution is -2.01. The molecule has 5 rings (SSSR count). The van der Waals surface area contributed by atoms with Crippen LogP contribution in [0.15, 0.2) is 75.7 Å². The molecule has 3 heterocycles. The van der Waals surface area contributed by atoms with Crippen molar-refractivity contribution in [1.29, 1.82) is 0 Å². The number of methoxy groups -OCH3 is 1. The number of nitrogens with zero attached hydrogens (tertiary/aromatic N) is 5. The van der Waals surface area contributed by atoms with Gasteiger partial charge >= 0.3 is 0 Å². The van der Waals surface area contributed by atoms with Gasteiger partial charge in [-0.15, -0.1) is 21.5 Å². The van der Waals surface area contributed by atoms with Crippen LogP contribution in [-0.4, -0.2) is 32.0 Å². The van der Waals surface area contributed by atoms with Crippen molar-refractivity contribution < 1.29 is 9.26 Å². The molecule has 160 valence electrons. The summed E-state index contributed by atoms with van der Waals surface area (Å²) in [7, 11) is 1.65. The third kappa shape index (κ3) is 4.04. The van der Waals surface area contributed by atoms with Crippen LogP contribution >= 0.6 is 23.1 Å². The van der Waals surface area contributed by atoms with Crippen LogP contribution in [0.5, 0.6) is 5.75 Å². The minimum absolute atomic E-state index is 0.480. The predicted molar refractivity (Wildman–Crippen MR) is 125 cm³/mol. The Morgan fingerprint density at radius 3 is 2.66 bits per heavy atom. The van der Waals surface area contributed by atoms with Gasteiger partial charge < -0.3 is 9.26 Å². The van der Waals surface area contributed by atoms with Crippen molar-refractivity contribution in [2.45, 2.75) is 17.8 Å². The van der Waals surface area contributed by atoms with Gasteiger partial charge in [-0.05, 0) is 42.6 Å². The summed E-state index contributed by atoms with van der Waals surface area (Å²) in [5, 5.41) is 15.8. The maximum atomic E-state index is 5.57. The van der Waals surface area contributed by atoms with Gasteiger partial charge in [0.1, 0.15) is 5.75 Å². The molecule has 0 saturated carbocycles. The molecule has 0 aliphatic heterocycles. The zero-order chi connectivity index (χ0) is 21.9. The number of para-hydroxylation sites is 1. The summed E-state index contributed by atoms with van der Waals surface area (Å²) in [5.74, 6) is 3.07. The number of hydrogen-bond donors (Lipinski definition) is 0. The lowest BCUT2D eigenvalue weighted by molar-refractivity contribution is 0.391. The average molecular weight is 462 g/mol. The molecule has 9 heteroatoms. The molecule has 0 saturated heterocycles. The van der Waals surface area contributed by atoms with Crippen LogP contribution in [0.1, 0.15) is 11.5 Å². The van der Waals surface area contributed by atoms with Gasteiger partial charge in [-0.1, -0.05) is 52.8 Å². The molecule has 0 aliphatic rings. The number of aromatic nitrogens is 5. The molecular formula is C23H19N5O2S2. The number of thiophene rings is 1. The van der Waals surface area contributed by atoms with E-state index in [1.54, 1.807) is 18.4 Å². The summed E-state index contributed by atoms with van der Waals surface area (Å²) < 4.78 is 13.0. The second-order valence-electron chi connectivity index (χ2n) is 6.96. The summed E-state index contributed by atoms with van der Waals surface area (Å²) in [6.45, 7) is 2.06. The smallest absolute Gasteiger partial charge is 0.237 e. The van der Waals surface area contributed by atoms with Crippen LogP contribution in [0.2, 0.25) is 0 Å². The third-order valence-corrected chi connectivity index (χ3v) is 6.59. The van der Waals surface area contributed by atoms with E-state index in [2.05, 4.69) is 51.5 Å². The minimum atomic E-state index is 0.480. The highest BCUT2D eigenvalue weighted by molar-refractivity contribution is 7.98. The number of rotatable bonds is 7. The normalized spacial score (nSPS) is 11.1. The molecule has 0 unspecified atom stereocenters. The first-order valence-electron chi connectivity index (χ1n) is 9.88. The number of hydrogen-bond acceptors (Lipinski definition) is 8. The van der Waals surface area contributed by atoms with E-state index in [0.29, 0.717) is 23.3 Å². The second-order valence-corrected chi connectivity index (χ2v) is 8.85. The standard InChI is InChI=1S/C23H19N5O2S2/c1-15-9-11-16(12-10-15)28-22(17-6-3-4-7-18(17)29-2)25-26-23(28)32-14-20-24-21(27-30-20)19-8-5-13-31-19/h3-13H,14H2,1-2H3. The summed E-state index contributed by atoms with van der Waals surface area (Å²) in [4.78, 5) is 5.49. The van der Waals surface area contributed by atoms with Crippen molar-refractivity contribution >= 4 is 23.1 Å². The molecule has 0 spiro atoms. The Balaban J connectivity index is 1.49. The van der Waals surface area contributed by atoms with Gasteiger partial charge in [0.05, 0.1) is 23.3 Å². The first-order valence-corrected chi connectivity index (χ1v) is 11.7. The van der Waals surface area contributed by atoms with Crippen LogP contribution < -0.4 is 4.74 Å². The Morgan fingerprint density at radius 2 is 1.88 bits per heavy atom. The van der Waals surface area contributed by atoms with Crippen LogP contribution in [0, 0.1) is 6.92 Å². The summed E-state index contributed by atoms with van der Waals surface area (Å²) in [5.41, 5.74) is 3.02. The van der Waals surface area contributed by atoms with E-state index < -0.39 is 0 Å². The molecular weight excluding hydrogens is 442 g/mol. The number of benzene rings is 2. The van der Waals surface area contributed by atoms with E-state index in [0.717, 1.165) is 27.0 Å². The molecule has 2 aromatic carbocycles. The van der Waals surface area contributed by atoms with Crippen molar-refractivity contribution in [3.8, 4) is 33.5 Å². The van der Waals surface area contributed by atoms with E-state index in [1.165, 1.54) is 17.3 Å². The van der Waals surface area contributed by atoms with Gasteiger partial charge in [-0.25, -0.2) is 0 Å². The van der Waals surface area contributed by atoms with E-state index in [1.807, 2.05) is 46.3 Å². The number of aryl methyl sites for hydroxylation is 1. The summed E-state index contributed by atoms with van der Waals surface area (Å²) in [6.07, 6.45) is 0. The fourth-order valence-electron chi connectivity index (χ4n) is 3.24. The molecule has 0 amide bonds. The van der Waals surface area contributed by atoms with Gasteiger partial charge in [0.15, 0.2) is 11.0 Å².